The average Bonchev–Trinajstić information content (AvgIpc) is 2.74. The second-order valence-electron chi connectivity index (χ2n) is 9.02. The molecule has 0 radical (unpaired) electrons. The Labute approximate surface area is 180 Å². The fourth-order valence-corrected chi connectivity index (χ4v) is 4.48. The predicted octanol–water partition coefficient (Wildman–Crippen LogP) is 5.48. The fraction of sp³-hybridized carbons (Fsp3) is 0.296. The summed E-state index contributed by atoms with van der Waals surface area (Å²) < 4.78 is 0. The number of nitrogens with zero attached hydrogens (tertiary/aromatic N) is 3. The molecule has 2 aromatic carbocycles. The highest BCUT2D eigenvalue weighted by Gasteiger charge is 2.37. The van der Waals surface area contributed by atoms with Gasteiger partial charge in [-0.05, 0) is 69.8 Å². The monoisotopic (exact) mass is 397 g/mol. The van der Waals surface area contributed by atoms with Crippen molar-refractivity contribution in [3.63, 3.8) is 0 Å². The van der Waals surface area contributed by atoms with Crippen molar-refractivity contribution < 1.29 is 0 Å². The van der Waals surface area contributed by atoms with Crippen LogP contribution in [0.15, 0.2) is 76.8 Å². The summed E-state index contributed by atoms with van der Waals surface area (Å²) >= 11 is 0. The van der Waals surface area contributed by atoms with Crippen molar-refractivity contribution in [3.8, 4) is 0 Å². The Kier molecular flexibility index (Phi) is 4.93. The molecule has 0 atom stereocenters. The van der Waals surface area contributed by atoms with Crippen LogP contribution in [0.5, 0.6) is 0 Å². The van der Waals surface area contributed by atoms with Crippen molar-refractivity contribution in [2.75, 3.05) is 45.0 Å². The first-order valence-electron chi connectivity index (χ1n) is 10.5. The van der Waals surface area contributed by atoms with Crippen LogP contribution in [0.1, 0.15) is 30.5 Å². The zero-order valence-electron chi connectivity index (χ0n) is 19.1. The van der Waals surface area contributed by atoms with Crippen LogP contribution in [0.4, 0.5) is 11.4 Å². The molecule has 0 amide bonds. The molecule has 0 heterocycles. The van der Waals surface area contributed by atoms with Gasteiger partial charge < -0.3 is 9.80 Å². The second kappa shape index (κ2) is 7.32. The third-order valence-corrected chi connectivity index (χ3v) is 6.34. The van der Waals surface area contributed by atoms with Gasteiger partial charge in [-0.15, -0.1) is 0 Å². The minimum absolute atomic E-state index is 0.107. The maximum absolute atomic E-state index is 4.45. The predicted molar refractivity (Wildman–Crippen MR) is 131 cm³/mol. The quantitative estimate of drug-likeness (QED) is 0.683. The number of rotatable bonds is 3. The zero-order chi connectivity index (χ0) is 21.6. The van der Waals surface area contributed by atoms with E-state index in [-0.39, 0.29) is 5.41 Å². The van der Waals surface area contributed by atoms with Crippen LogP contribution < -0.4 is 9.80 Å². The van der Waals surface area contributed by atoms with E-state index >= 15 is 0 Å². The molecule has 0 N–H and O–H groups in total. The summed E-state index contributed by atoms with van der Waals surface area (Å²) in [5, 5.41) is 0. The highest BCUT2D eigenvalue weighted by atomic mass is 15.1. The SMILES string of the molecule is CN=C1C=CC2=C(c3ccc(N(C)C)cc3)c3ccc(N(C)C)cc3C(C)(C)C2=C1. The van der Waals surface area contributed by atoms with Crippen LogP contribution >= 0.6 is 0 Å². The summed E-state index contributed by atoms with van der Waals surface area (Å²) in [6.07, 6.45) is 6.63. The van der Waals surface area contributed by atoms with E-state index in [2.05, 4.69) is 118 Å². The molecule has 2 aliphatic rings. The first-order valence-corrected chi connectivity index (χ1v) is 10.5. The molecular weight excluding hydrogens is 366 g/mol. The molecule has 0 aliphatic heterocycles. The van der Waals surface area contributed by atoms with Crippen LogP contribution in [-0.2, 0) is 5.41 Å². The summed E-state index contributed by atoms with van der Waals surface area (Å²) in [6, 6.07) is 15.8. The van der Waals surface area contributed by atoms with Crippen molar-refractivity contribution in [2.45, 2.75) is 19.3 Å². The number of hydrogen-bond donors (Lipinski definition) is 0. The van der Waals surface area contributed by atoms with Crippen LogP contribution in [0.25, 0.3) is 5.57 Å². The normalized spacial score (nSPS) is 18.1. The zero-order valence-corrected chi connectivity index (χ0v) is 19.1. The van der Waals surface area contributed by atoms with E-state index in [4.69, 9.17) is 0 Å². The number of anilines is 2. The van der Waals surface area contributed by atoms with Gasteiger partial charge in [-0.2, -0.15) is 0 Å². The van der Waals surface area contributed by atoms with E-state index in [1.807, 2.05) is 7.05 Å². The third kappa shape index (κ3) is 3.19. The molecular formula is C27H31N3. The van der Waals surface area contributed by atoms with Gasteiger partial charge in [0.25, 0.3) is 0 Å². The molecule has 3 heteroatoms. The van der Waals surface area contributed by atoms with Crippen molar-refractivity contribution in [1.82, 2.24) is 0 Å². The number of hydrogen-bond acceptors (Lipinski definition) is 3. The number of fused-ring (bicyclic) bond motifs is 2. The Morgan fingerprint density at radius 2 is 1.43 bits per heavy atom. The molecule has 0 saturated carbocycles. The molecule has 0 bridgehead atoms. The van der Waals surface area contributed by atoms with E-state index in [9.17, 15) is 0 Å². The van der Waals surface area contributed by atoms with Gasteiger partial charge in [0.2, 0.25) is 0 Å². The summed E-state index contributed by atoms with van der Waals surface area (Å²) in [5.41, 5.74) is 11.2. The lowest BCUT2D eigenvalue weighted by molar-refractivity contribution is 0.626. The Balaban J connectivity index is 2.02. The molecule has 0 aromatic heterocycles. The number of benzene rings is 2. The Morgan fingerprint density at radius 1 is 0.800 bits per heavy atom. The smallest absolute Gasteiger partial charge is 0.0574 e. The molecule has 3 nitrogen and oxygen atoms in total. The molecule has 154 valence electrons. The van der Waals surface area contributed by atoms with Gasteiger partial charge in [0.15, 0.2) is 0 Å². The van der Waals surface area contributed by atoms with Gasteiger partial charge in [-0.25, -0.2) is 0 Å². The lowest BCUT2D eigenvalue weighted by Gasteiger charge is -2.39. The lowest BCUT2D eigenvalue weighted by Crippen LogP contribution is -2.29. The van der Waals surface area contributed by atoms with Gasteiger partial charge in [-0.1, -0.05) is 38.1 Å². The van der Waals surface area contributed by atoms with Crippen molar-refractivity contribution in [3.05, 3.63) is 88.5 Å². The fourth-order valence-electron chi connectivity index (χ4n) is 4.48. The van der Waals surface area contributed by atoms with Crippen molar-refractivity contribution in [1.29, 1.82) is 0 Å². The van der Waals surface area contributed by atoms with Crippen LogP contribution in [0.2, 0.25) is 0 Å². The Hall–Kier alpha value is -3.07. The molecule has 4 rings (SSSR count). The van der Waals surface area contributed by atoms with E-state index < -0.39 is 0 Å². The molecule has 2 aromatic rings. The maximum atomic E-state index is 4.45. The van der Waals surface area contributed by atoms with E-state index in [0.717, 1.165) is 5.71 Å². The van der Waals surface area contributed by atoms with Gasteiger partial charge in [-0.3, -0.25) is 4.99 Å². The third-order valence-electron chi connectivity index (χ3n) is 6.34. The van der Waals surface area contributed by atoms with Gasteiger partial charge in [0, 0.05) is 52.0 Å². The summed E-state index contributed by atoms with van der Waals surface area (Å²) in [6.45, 7) is 4.66. The minimum Gasteiger partial charge on any atom is -0.378 e. The summed E-state index contributed by atoms with van der Waals surface area (Å²) in [7, 11) is 10.2. The molecule has 0 fully saturated rings. The topological polar surface area (TPSA) is 18.8 Å². The largest absolute Gasteiger partial charge is 0.378 e. The van der Waals surface area contributed by atoms with Crippen LogP contribution in [0, 0.1) is 0 Å². The molecule has 2 aliphatic carbocycles. The van der Waals surface area contributed by atoms with Gasteiger partial charge >= 0.3 is 0 Å². The van der Waals surface area contributed by atoms with E-state index in [1.54, 1.807) is 0 Å². The first kappa shape index (κ1) is 20.2. The molecule has 0 spiro atoms. The Bertz CT molecular complexity index is 1110. The Morgan fingerprint density at radius 3 is 2.03 bits per heavy atom. The van der Waals surface area contributed by atoms with Gasteiger partial charge in [0.1, 0.15) is 0 Å². The highest BCUT2D eigenvalue weighted by Crippen LogP contribution is 2.50. The molecule has 30 heavy (non-hydrogen) atoms. The lowest BCUT2D eigenvalue weighted by atomic mass is 9.64. The number of allylic oxidation sites excluding steroid dienone is 5. The van der Waals surface area contributed by atoms with Crippen molar-refractivity contribution in [2.24, 2.45) is 4.99 Å². The van der Waals surface area contributed by atoms with E-state index in [1.165, 1.54) is 44.8 Å². The van der Waals surface area contributed by atoms with E-state index in [0.29, 0.717) is 0 Å². The maximum Gasteiger partial charge on any atom is 0.0574 e. The van der Waals surface area contributed by atoms with Crippen LogP contribution in [-0.4, -0.2) is 41.0 Å². The minimum atomic E-state index is -0.107. The first-order chi connectivity index (χ1) is 14.2. The standard InChI is InChI=1S/C27H31N3/c1-27(2)24-16-19(28-3)10-14-22(24)26(18-8-11-20(12-9-18)29(4)5)23-15-13-21(30(6)7)17-25(23)27/h8-17H,1-7H3. The summed E-state index contributed by atoms with van der Waals surface area (Å²) in [5.74, 6) is 0. The van der Waals surface area contributed by atoms with Gasteiger partial charge in [0.05, 0.1) is 5.71 Å². The second-order valence-corrected chi connectivity index (χ2v) is 9.02. The summed E-state index contributed by atoms with van der Waals surface area (Å²) in [4.78, 5) is 8.77. The molecule has 0 unspecified atom stereocenters. The number of aliphatic imine (C=N–C) groups is 1. The average molecular weight is 398 g/mol. The molecule has 0 saturated heterocycles. The highest BCUT2D eigenvalue weighted by molar-refractivity contribution is 6.09. The van der Waals surface area contributed by atoms with Crippen molar-refractivity contribution >= 4 is 22.7 Å². The van der Waals surface area contributed by atoms with Crippen LogP contribution in [0.3, 0.4) is 0 Å².